The standard InChI is InChI=1S/C21H25NO3S/c1-4-22(5-2)11-12-24-15-7-9-17-20(13-15)25-19-10-8-16(26-6-3)14-18(19)21(17)23/h7-10,13-14H,4-6,11-12H2,1-3H3. The van der Waals surface area contributed by atoms with Crippen LogP contribution in [0.25, 0.3) is 21.9 Å². The lowest BCUT2D eigenvalue weighted by atomic mass is 10.1. The molecule has 0 saturated carbocycles. The summed E-state index contributed by atoms with van der Waals surface area (Å²) in [5, 5.41) is 1.22. The fraction of sp³-hybridized carbons (Fsp3) is 0.381. The molecular weight excluding hydrogens is 346 g/mol. The van der Waals surface area contributed by atoms with Crippen LogP contribution in [-0.2, 0) is 0 Å². The predicted molar refractivity (Wildman–Crippen MR) is 110 cm³/mol. The van der Waals surface area contributed by atoms with Crippen molar-refractivity contribution in [3.8, 4) is 5.75 Å². The molecule has 0 radical (unpaired) electrons. The number of nitrogens with zero attached hydrogens (tertiary/aromatic N) is 1. The molecule has 0 aliphatic heterocycles. The van der Waals surface area contributed by atoms with E-state index >= 15 is 0 Å². The van der Waals surface area contributed by atoms with Gasteiger partial charge in [0.05, 0.1) is 10.8 Å². The minimum absolute atomic E-state index is 0.00879. The average molecular weight is 372 g/mol. The average Bonchev–Trinajstić information content (AvgIpc) is 2.66. The SMILES string of the molecule is CCSc1ccc2oc3cc(OCCN(CC)CC)ccc3c(=O)c2c1. The van der Waals surface area contributed by atoms with Crippen molar-refractivity contribution in [2.75, 3.05) is 32.0 Å². The van der Waals surface area contributed by atoms with Gasteiger partial charge in [-0.1, -0.05) is 20.8 Å². The lowest BCUT2D eigenvalue weighted by molar-refractivity contribution is 0.223. The molecular formula is C21H25NO3S. The Morgan fingerprint density at radius 3 is 2.54 bits per heavy atom. The fourth-order valence-electron chi connectivity index (χ4n) is 2.99. The molecule has 0 unspecified atom stereocenters. The highest BCUT2D eigenvalue weighted by Crippen LogP contribution is 2.26. The smallest absolute Gasteiger partial charge is 0.200 e. The molecule has 5 heteroatoms. The zero-order valence-corrected chi connectivity index (χ0v) is 16.4. The van der Waals surface area contributed by atoms with Crippen molar-refractivity contribution in [2.24, 2.45) is 0 Å². The Kier molecular flexibility index (Phi) is 6.22. The van der Waals surface area contributed by atoms with Gasteiger partial charge < -0.3 is 14.1 Å². The first-order chi connectivity index (χ1) is 12.7. The molecule has 0 saturated heterocycles. The monoisotopic (exact) mass is 371 g/mol. The number of likely N-dealkylation sites (N-methyl/N-ethyl adjacent to an activating group) is 1. The highest BCUT2D eigenvalue weighted by Gasteiger charge is 2.10. The van der Waals surface area contributed by atoms with Crippen molar-refractivity contribution < 1.29 is 9.15 Å². The number of thioether (sulfide) groups is 1. The Morgan fingerprint density at radius 1 is 1.00 bits per heavy atom. The van der Waals surface area contributed by atoms with Crippen molar-refractivity contribution in [3.05, 3.63) is 46.6 Å². The van der Waals surface area contributed by atoms with Crippen LogP contribution in [0.4, 0.5) is 0 Å². The van der Waals surface area contributed by atoms with Gasteiger partial charge in [0.25, 0.3) is 0 Å². The summed E-state index contributed by atoms with van der Waals surface area (Å²) in [7, 11) is 0. The molecule has 3 aromatic rings. The van der Waals surface area contributed by atoms with E-state index in [-0.39, 0.29) is 5.43 Å². The lowest BCUT2D eigenvalue weighted by Crippen LogP contribution is -2.27. The molecule has 3 rings (SSSR count). The predicted octanol–water partition coefficient (Wildman–Crippen LogP) is 4.78. The van der Waals surface area contributed by atoms with Crippen molar-refractivity contribution >= 4 is 33.7 Å². The summed E-state index contributed by atoms with van der Waals surface area (Å²) in [4.78, 5) is 16.2. The molecule has 0 bridgehead atoms. The molecule has 0 atom stereocenters. The number of benzene rings is 2. The van der Waals surface area contributed by atoms with E-state index in [1.54, 1.807) is 17.8 Å². The van der Waals surface area contributed by atoms with Gasteiger partial charge >= 0.3 is 0 Å². The van der Waals surface area contributed by atoms with Gasteiger partial charge in [-0.05, 0) is 49.2 Å². The first kappa shape index (κ1) is 18.8. The molecule has 0 aliphatic rings. The van der Waals surface area contributed by atoms with Crippen LogP contribution in [0.5, 0.6) is 5.75 Å². The molecule has 26 heavy (non-hydrogen) atoms. The van der Waals surface area contributed by atoms with Crippen LogP contribution < -0.4 is 10.2 Å². The molecule has 0 amide bonds. The number of hydrogen-bond acceptors (Lipinski definition) is 5. The summed E-state index contributed by atoms with van der Waals surface area (Å²) in [5.41, 5.74) is 1.19. The Bertz CT molecular complexity index is 947. The minimum Gasteiger partial charge on any atom is -0.492 e. The largest absolute Gasteiger partial charge is 0.492 e. The van der Waals surface area contributed by atoms with Gasteiger partial charge in [-0.2, -0.15) is 0 Å². The van der Waals surface area contributed by atoms with Crippen LogP contribution in [0.15, 0.2) is 50.5 Å². The summed E-state index contributed by atoms with van der Waals surface area (Å²) in [6.45, 7) is 9.90. The maximum atomic E-state index is 12.8. The Morgan fingerprint density at radius 2 is 1.81 bits per heavy atom. The van der Waals surface area contributed by atoms with Gasteiger partial charge in [-0.3, -0.25) is 4.79 Å². The highest BCUT2D eigenvalue weighted by molar-refractivity contribution is 7.99. The van der Waals surface area contributed by atoms with Crippen LogP contribution in [0.1, 0.15) is 20.8 Å². The second kappa shape index (κ2) is 8.60. The van der Waals surface area contributed by atoms with Crippen molar-refractivity contribution in [3.63, 3.8) is 0 Å². The molecule has 1 aromatic heterocycles. The summed E-state index contributed by atoms with van der Waals surface area (Å²) in [6, 6.07) is 11.2. The second-order valence-corrected chi connectivity index (χ2v) is 7.39. The fourth-order valence-corrected chi connectivity index (χ4v) is 3.69. The van der Waals surface area contributed by atoms with E-state index in [1.807, 2.05) is 30.3 Å². The van der Waals surface area contributed by atoms with Gasteiger partial charge in [0.15, 0.2) is 0 Å². The third-order valence-electron chi connectivity index (χ3n) is 4.49. The van der Waals surface area contributed by atoms with E-state index in [0.29, 0.717) is 28.5 Å². The zero-order chi connectivity index (χ0) is 18.5. The van der Waals surface area contributed by atoms with Crippen LogP contribution in [0, 0.1) is 0 Å². The van der Waals surface area contributed by atoms with Crippen molar-refractivity contribution in [1.82, 2.24) is 4.90 Å². The van der Waals surface area contributed by atoms with Crippen molar-refractivity contribution in [1.29, 1.82) is 0 Å². The lowest BCUT2D eigenvalue weighted by Gasteiger charge is -2.18. The van der Waals surface area contributed by atoms with Gasteiger partial charge in [-0.25, -0.2) is 0 Å². The Labute approximate surface area is 158 Å². The summed E-state index contributed by atoms with van der Waals surface area (Å²) in [5.74, 6) is 1.70. The minimum atomic E-state index is 0.00879. The topological polar surface area (TPSA) is 42.7 Å². The maximum Gasteiger partial charge on any atom is 0.200 e. The molecule has 0 aliphatic carbocycles. The first-order valence-corrected chi connectivity index (χ1v) is 10.1. The van der Waals surface area contributed by atoms with Crippen LogP contribution in [-0.4, -0.2) is 36.9 Å². The molecule has 138 valence electrons. The van der Waals surface area contributed by atoms with Gasteiger partial charge in [-0.15, -0.1) is 11.8 Å². The third-order valence-corrected chi connectivity index (χ3v) is 5.37. The second-order valence-electron chi connectivity index (χ2n) is 6.06. The molecule has 2 aromatic carbocycles. The molecule has 0 spiro atoms. The maximum absolute atomic E-state index is 12.8. The van der Waals surface area contributed by atoms with Crippen LogP contribution in [0.3, 0.4) is 0 Å². The summed E-state index contributed by atoms with van der Waals surface area (Å²) < 4.78 is 11.8. The third kappa shape index (κ3) is 4.05. The number of hydrogen-bond donors (Lipinski definition) is 0. The Hall–Kier alpha value is -1.98. The number of ether oxygens (including phenoxy) is 1. The zero-order valence-electron chi connectivity index (χ0n) is 15.6. The van der Waals surface area contributed by atoms with E-state index < -0.39 is 0 Å². The summed E-state index contributed by atoms with van der Waals surface area (Å²) in [6.07, 6.45) is 0. The van der Waals surface area contributed by atoms with Gasteiger partial charge in [0, 0.05) is 17.5 Å². The number of rotatable bonds is 8. The van der Waals surface area contributed by atoms with Crippen molar-refractivity contribution in [2.45, 2.75) is 25.7 Å². The molecule has 0 fully saturated rings. The van der Waals surface area contributed by atoms with Gasteiger partial charge in [0.2, 0.25) is 5.43 Å². The van der Waals surface area contributed by atoms with E-state index in [1.165, 1.54) is 0 Å². The van der Waals surface area contributed by atoms with E-state index in [0.717, 1.165) is 36.0 Å². The highest BCUT2D eigenvalue weighted by atomic mass is 32.2. The summed E-state index contributed by atoms with van der Waals surface area (Å²) >= 11 is 1.72. The first-order valence-electron chi connectivity index (χ1n) is 9.14. The molecule has 0 N–H and O–H groups in total. The molecule has 4 nitrogen and oxygen atoms in total. The Balaban J connectivity index is 1.89. The normalized spacial score (nSPS) is 11.5. The van der Waals surface area contributed by atoms with E-state index in [9.17, 15) is 4.79 Å². The van der Waals surface area contributed by atoms with E-state index in [2.05, 4.69) is 25.7 Å². The number of fused-ring (bicyclic) bond motifs is 2. The quantitative estimate of drug-likeness (QED) is 0.421. The van der Waals surface area contributed by atoms with E-state index in [4.69, 9.17) is 9.15 Å². The van der Waals surface area contributed by atoms with Crippen LogP contribution >= 0.6 is 11.8 Å². The van der Waals surface area contributed by atoms with Gasteiger partial charge in [0.1, 0.15) is 23.5 Å². The van der Waals surface area contributed by atoms with Crippen LogP contribution in [0.2, 0.25) is 0 Å². The molecule has 1 heterocycles.